The number of aliphatic hydroxyl groups excluding tert-OH is 1. The largest absolute Gasteiger partial charge is 0.493 e. The summed E-state index contributed by atoms with van der Waals surface area (Å²) in [5.74, 6) is 8.93. The van der Waals surface area contributed by atoms with Gasteiger partial charge in [-0.1, -0.05) is 17.9 Å². The second kappa shape index (κ2) is 9.57. The Labute approximate surface area is 184 Å². The van der Waals surface area contributed by atoms with Crippen LogP contribution in [0.5, 0.6) is 11.5 Å². The number of aliphatic hydroxyl groups is 1. The second-order valence-electron chi connectivity index (χ2n) is 8.50. The molecule has 0 unspecified atom stereocenters. The quantitative estimate of drug-likeness (QED) is 0.709. The lowest BCUT2D eigenvalue weighted by molar-refractivity contribution is 0.110. The van der Waals surface area contributed by atoms with Crippen LogP contribution < -0.4 is 14.8 Å². The highest BCUT2D eigenvalue weighted by Gasteiger charge is 2.36. The average molecular weight is 422 g/mol. The summed E-state index contributed by atoms with van der Waals surface area (Å²) in [5.41, 5.74) is 1.55. The molecule has 0 bridgehead atoms. The van der Waals surface area contributed by atoms with Crippen LogP contribution in [0, 0.1) is 11.8 Å². The fourth-order valence-corrected chi connectivity index (χ4v) is 4.55. The predicted octanol–water partition coefficient (Wildman–Crippen LogP) is 4.07. The van der Waals surface area contributed by atoms with Gasteiger partial charge in [0.15, 0.2) is 11.5 Å². The lowest BCUT2D eigenvalue weighted by Crippen LogP contribution is -2.32. The number of rotatable bonds is 5. The molecule has 2 aliphatic carbocycles. The van der Waals surface area contributed by atoms with Crippen LogP contribution in [0.2, 0.25) is 0 Å². The summed E-state index contributed by atoms with van der Waals surface area (Å²) >= 11 is 0. The van der Waals surface area contributed by atoms with Crippen molar-refractivity contribution < 1.29 is 14.6 Å². The maximum atomic E-state index is 10.1. The van der Waals surface area contributed by atoms with Crippen molar-refractivity contribution in [3.63, 3.8) is 0 Å². The summed E-state index contributed by atoms with van der Waals surface area (Å²) < 4.78 is 11.9. The lowest BCUT2D eigenvalue weighted by atomic mass is 9.69. The van der Waals surface area contributed by atoms with E-state index in [-0.39, 0.29) is 17.6 Å². The number of hydrogen-bond acceptors (Lipinski definition) is 6. The summed E-state index contributed by atoms with van der Waals surface area (Å²) in [6, 6.07) is 6.18. The van der Waals surface area contributed by atoms with Gasteiger partial charge in [-0.2, -0.15) is 0 Å². The van der Waals surface area contributed by atoms with E-state index < -0.39 is 0 Å². The molecule has 1 aromatic carbocycles. The van der Waals surface area contributed by atoms with Crippen molar-refractivity contribution in [2.75, 3.05) is 19.5 Å². The third-order valence-corrected chi connectivity index (χ3v) is 6.44. The van der Waals surface area contributed by atoms with Crippen LogP contribution in [0.25, 0.3) is 0 Å². The molecule has 2 aromatic rings. The van der Waals surface area contributed by atoms with Gasteiger partial charge >= 0.3 is 0 Å². The van der Waals surface area contributed by atoms with E-state index in [2.05, 4.69) is 39.3 Å². The lowest BCUT2D eigenvalue weighted by Gasteiger charge is -2.35. The fraction of sp³-hybridized carbons (Fsp3) is 0.520. The molecule has 0 atom stereocenters. The molecule has 6 nitrogen and oxygen atoms in total. The van der Waals surface area contributed by atoms with Crippen LogP contribution in [0.15, 0.2) is 30.6 Å². The minimum absolute atomic E-state index is 0.252. The van der Waals surface area contributed by atoms with E-state index in [9.17, 15) is 5.11 Å². The Morgan fingerprint density at radius 3 is 2.42 bits per heavy atom. The van der Waals surface area contributed by atoms with Crippen molar-refractivity contribution in [2.24, 2.45) is 0 Å². The maximum Gasteiger partial charge on any atom is 0.222 e. The molecule has 6 heteroatoms. The summed E-state index contributed by atoms with van der Waals surface area (Å²) in [6.07, 6.45) is 11.1. The van der Waals surface area contributed by atoms with Gasteiger partial charge < -0.3 is 19.9 Å². The standard InChI is InChI=1S/C25H31N3O3/c1-26-24-27-16-18(17-28-24)9-12-25(13-10-20(29)11-14-25)19-7-8-22(30-2)23(15-19)31-21-5-3-4-6-21/h7-8,15-17,20-21,29H,3-6,10-11,13-14H2,1-2H3,(H,26,27,28)/t20-,25+. The first kappa shape index (κ1) is 21.5. The molecule has 1 aromatic heterocycles. The Morgan fingerprint density at radius 1 is 1.06 bits per heavy atom. The Balaban J connectivity index is 1.68. The van der Waals surface area contributed by atoms with Crippen molar-refractivity contribution in [2.45, 2.75) is 69.0 Å². The first-order chi connectivity index (χ1) is 15.1. The third kappa shape index (κ3) is 4.94. The number of benzene rings is 1. The number of hydrogen-bond donors (Lipinski definition) is 2. The Morgan fingerprint density at radius 2 is 1.77 bits per heavy atom. The van der Waals surface area contributed by atoms with Gasteiger partial charge in [0.1, 0.15) is 0 Å². The highest BCUT2D eigenvalue weighted by Crippen LogP contribution is 2.43. The van der Waals surface area contributed by atoms with Gasteiger partial charge in [-0.25, -0.2) is 9.97 Å². The van der Waals surface area contributed by atoms with Crippen LogP contribution in [0.1, 0.15) is 62.5 Å². The molecule has 0 amide bonds. The number of ether oxygens (including phenoxy) is 2. The van der Waals surface area contributed by atoms with Gasteiger partial charge in [0, 0.05) is 19.4 Å². The Hall–Kier alpha value is -2.78. The molecule has 0 spiro atoms. The molecule has 2 N–H and O–H groups in total. The first-order valence-corrected chi connectivity index (χ1v) is 11.2. The summed E-state index contributed by atoms with van der Waals surface area (Å²) in [6.45, 7) is 0. The summed E-state index contributed by atoms with van der Waals surface area (Å²) in [4.78, 5) is 8.52. The monoisotopic (exact) mass is 421 g/mol. The van der Waals surface area contributed by atoms with E-state index in [4.69, 9.17) is 9.47 Å². The maximum absolute atomic E-state index is 10.1. The number of nitrogens with zero attached hydrogens (tertiary/aromatic N) is 2. The number of nitrogens with one attached hydrogen (secondary N) is 1. The van der Waals surface area contributed by atoms with Gasteiger partial charge in [-0.15, -0.1) is 0 Å². The molecule has 2 aliphatic rings. The number of anilines is 1. The predicted molar refractivity (Wildman–Crippen MR) is 120 cm³/mol. The summed E-state index contributed by atoms with van der Waals surface area (Å²) in [7, 11) is 3.47. The molecule has 0 aliphatic heterocycles. The van der Waals surface area contributed by atoms with Gasteiger partial charge in [0.25, 0.3) is 0 Å². The van der Waals surface area contributed by atoms with Gasteiger partial charge in [-0.05, 0) is 69.1 Å². The molecule has 2 saturated carbocycles. The smallest absolute Gasteiger partial charge is 0.222 e. The fourth-order valence-electron chi connectivity index (χ4n) is 4.55. The van der Waals surface area contributed by atoms with Crippen LogP contribution in [0.4, 0.5) is 5.95 Å². The van der Waals surface area contributed by atoms with Crippen molar-refractivity contribution >= 4 is 5.95 Å². The molecular formula is C25H31N3O3. The van der Waals surface area contributed by atoms with E-state index >= 15 is 0 Å². The molecule has 164 valence electrons. The van der Waals surface area contributed by atoms with Crippen LogP contribution >= 0.6 is 0 Å². The highest BCUT2D eigenvalue weighted by molar-refractivity contribution is 5.49. The molecule has 4 rings (SSSR count). The molecule has 2 fully saturated rings. The third-order valence-electron chi connectivity index (χ3n) is 6.44. The van der Waals surface area contributed by atoms with Crippen LogP contribution in [-0.2, 0) is 5.41 Å². The minimum atomic E-state index is -0.346. The van der Waals surface area contributed by atoms with Crippen LogP contribution in [-0.4, -0.2) is 41.4 Å². The second-order valence-corrected chi connectivity index (χ2v) is 8.50. The molecule has 0 radical (unpaired) electrons. The summed E-state index contributed by atoms with van der Waals surface area (Å²) in [5, 5.41) is 13.1. The Bertz CT molecular complexity index is 935. The van der Waals surface area contributed by atoms with Crippen molar-refractivity contribution in [1.82, 2.24) is 9.97 Å². The van der Waals surface area contributed by atoms with Gasteiger partial charge in [0.2, 0.25) is 5.95 Å². The van der Waals surface area contributed by atoms with Crippen LogP contribution in [0.3, 0.4) is 0 Å². The van der Waals surface area contributed by atoms with E-state index in [1.54, 1.807) is 26.6 Å². The minimum Gasteiger partial charge on any atom is -0.493 e. The zero-order valence-corrected chi connectivity index (χ0v) is 18.4. The average Bonchev–Trinajstić information content (AvgIpc) is 3.32. The van der Waals surface area contributed by atoms with Gasteiger partial charge in [0.05, 0.1) is 30.3 Å². The highest BCUT2D eigenvalue weighted by atomic mass is 16.5. The first-order valence-electron chi connectivity index (χ1n) is 11.2. The van der Waals surface area contributed by atoms with E-state index in [0.29, 0.717) is 5.95 Å². The van der Waals surface area contributed by atoms with Gasteiger partial charge in [-0.3, -0.25) is 0 Å². The topological polar surface area (TPSA) is 76.5 Å². The SMILES string of the molecule is CNc1ncc(C#C[C@]2(c3ccc(OC)c(OC4CCCC4)c3)CC[C@@H](O)CC2)cn1. The molecule has 1 heterocycles. The molecule has 31 heavy (non-hydrogen) atoms. The molecular weight excluding hydrogens is 390 g/mol. The zero-order valence-electron chi connectivity index (χ0n) is 18.4. The van der Waals surface area contributed by atoms with E-state index in [1.807, 2.05) is 6.07 Å². The van der Waals surface area contributed by atoms with Crippen molar-refractivity contribution in [3.8, 4) is 23.3 Å². The molecule has 0 saturated heterocycles. The number of methoxy groups -OCH3 is 1. The van der Waals surface area contributed by atoms with Crippen molar-refractivity contribution in [1.29, 1.82) is 0 Å². The zero-order chi connectivity index (χ0) is 21.7. The van der Waals surface area contributed by atoms with E-state index in [1.165, 1.54) is 12.8 Å². The van der Waals surface area contributed by atoms with Crippen molar-refractivity contribution in [3.05, 3.63) is 41.7 Å². The number of aromatic nitrogens is 2. The Kier molecular flexibility index (Phi) is 6.62. The van der Waals surface area contributed by atoms with E-state index in [0.717, 1.165) is 61.2 Å². The normalized spacial score (nSPS) is 23.6.